The third kappa shape index (κ3) is 1.12. The summed E-state index contributed by atoms with van der Waals surface area (Å²) in [7, 11) is 0. The van der Waals surface area contributed by atoms with Gasteiger partial charge in [0.25, 0.3) is 0 Å². The highest BCUT2D eigenvalue weighted by atomic mass is 32.1. The molecule has 0 saturated carbocycles. The van der Waals surface area contributed by atoms with Crippen LogP contribution in [-0.2, 0) is 0 Å². The Kier molecular flexibility index (Phi) is 1.91. The van der Waals surface area contributed by atoms with Crippen LogP contribution < -0.4 is 5.73 Å². The van der Waals surface area contributed by atoms with Gasteiger partial charge in [-0.15, -0.1) is 25.3 Å². The van der Waals surface area contributed by atoms with Crippen molar-refractivity contribution in [2.24, 2.45) is 5.73 Å². The minimum atomic E-state index is -0.0854. The lowest BCUT2D eigenvalue weighted by Crippen LogP contribution is -2.12. The first kappa shape index (κ1) is 7.49. The number of aromatic amines is 1. The molecule has 0 amide bonds. The van der Waals surface area contributed by atoms with Crippen LogP contribution in [0.1, 0.15) is 5.69 Å². The van der Waals surface area contributed by atoms with Crippen molar-refractivity contribution in [1.82, 2.24) is 10.2 Å². The SMILES string of the molecule is N=C(N)c1[nH]nc(S)c1S. The van der Waals surface area contributed by atoms with Crippen LogP contribution in [0.15, 0.2) is 9.92 Å². The number of nitrogen functional groups attached to an aromatic ring is 1. The maximum absolute atomic E-state index is 7.01. The summed E-state index contributed by atoms with van der Waals surface area (Å²) in [6.07, 6.45) is 0. The molecule has 0 aliphatic rings. The Hall–Kier alpha value is -0.620. The minimum absolute atomic E-state index is 0.0854. The third-order valence-corrected chi connectivity index (χ3v) is 1.93. The van der Waals surface area contributed by atoms with E-state index in [1.165, 1.54) is 0 Å². The van der Waals surface area contributed by atoms with E-state index in [0.717, 1.165) is 0 Å². The largest absolute Gasteiger partial charge is 0.382 e. The molecule has 0 unspecified atom stereocenters. The van der Waals surface area contributed by atoms with Crippen LogP contribution in [0.4, 0.5) is 0 Å². The van der Waals surface area contributed by atoms with Gasteiger partial charge < -0.3 is 5.73 Å². The molecule has 4 N–H and O–H groups in total. The highest BCUT2D eigenvalue weighted by Crippen LogP contribution is 2.17. The highest BCUT2D eigenvalue weighted by molar-refractivity contribution is 7.83. The Bertz CT molecular complexity index is 266. The van der Waals surface area contributed by atoms with Crippen molar-refractivity contribution in [1.29, 1.82) is 5.41 Å². The summed E-state index contributed by atoms with van der Waals surface area (Å²) < 4.78 is 0. The molecule has 1 aromatic rings. The number of nitrogens with zero attached hydrogens (tertiary/aromatic N) is 1. The Morgan fingerprint density at radius 2 is 2.20 bits per heavy atom. The van der Waals surface area contributed by atoms with Crippen LogP contribution in [-0.4, -0.2) is 16.0 Å². The van der Waals surface area contributed by atoms with E-state index < -0.39 is 0 Å². The number of amidine groups is 1. The van der Waals surface area contributed by atoms with Crippen molar-refractivity contribution in [3.8, 4) is 0 Å². The Labute approximate surface area is 68.5 Å². The fourth-order valence-corrected chi connectivity index (χ4v) is 0.897. The fourth-order valence-electron chi connectivity index (χ4n) is 0.514. The van der Waals surface area contributed by atoms with Gasteiger partial charge in [-0.3, -0.25) is 10.5 Å². The number of hydrogen-bond acceptors (Lipinski definition) is 4. The van der Waals surface area contributed by atoms with Gasteiger partial charge in [0.05, 0.1) is 4.90 Å². The molecular formula is C4H6N4S2. The summed E-state index contributed by atoms with van der Waals surface area (Å²) in [6.45, 7) is 0. The average molecular weight is 174 g/mol. The lowest BCUT2D eigenvalue weighted by Gasteiger charge is -1.91. The first-order valence-corrected chi connectivity index (χ1v) is 3.33. The molecule has 1 aromatic heterocycles. The lowest BCUT2D eigenvalue weighted by atomic mass is 10.4. The predicted molar refractivity (Wildman–Crippen MR) is 44.1 cm³/mol. The van der Waals surface area contributed by atoms with Crippen LogP contribution >= 0.6 is 25.3 Å². The van der Waals surface area contributed by atoms with Crippen LogP contribution in [0.25, 0.3) is 0 Å². The van der Waals surface area contributed by atoms with Gasteiger partial charge >= 0.3 is 0 Å². The number of H-pyrrole nitrogens is 1. The quantitative estimate of drug-likeness (QED) is 0.241. The molecule has 0 radical (unpaired) electrons. The maximum Gasteiger partial charge on any atom is 0.142 e. The molecule has 0 atom stereocenters. The van der Waals surface area contributed by atoms with Crippen molar-refractivity contribution in [3.63, 3.8) is 0 Å². The Morgan fingerprint density at radius 3 is 2.40 bits per heavy atom. The van der Waals surface area contributed by atoms with Crippen LogP contribution in [0, 0.1) is 5.41 Å². The van der Waals surface area contributed by atoms with E-state index in [2.05, 4.69) is 35.5 Å². The monoisotopic (exact) mass is 174 g/mol. The second-order valence-corrected chi connectivity index (χ2v) is 2.56. The Balaban J connectivity index is 3.17. The molecule has 0 spiro atoms. The summed E-state index contributed by atoms with van der Waals surface area (Å²) in [5.74, 6) is -0.0854. The first-order valence-electron chi connectivity index (χ1n) is 2.43. The molecule has 4 nitrogen and oxygen atoms in total. The van der Waals surface area contributed by atoms with Gasteiger partial charge in [0.2, 0.25) is 0 Å². The zero-order valence-corrected chi connectivity index (χ0v) is 6.71. The number of aromatic nitrogens is 2. The zero-order chi connectivity index (χ0) is 7.72. The normalized spacial score (nSPS) is 9.80. The van der Waals surface area contributed by atoms with Gasteiger partial charge in [-0.1, -0.05) is 0 Å². The van der Waals surface area contributed by atoms with Crippen LogP contribution in [0.5, 0.6) is 0 Å². The second-order valence-electron chi connectivity index (χ2n) is 1.68. The zero-order valence-electron chi connectivity index (χ0n) is 4.92. The Morgan fingerprint density at radius 1 is 1.60 bits per heavy atom. The molecule has 1 rings (SSSR count). The number of hydrogen-bond donors (Lipinski definition) is 5. The smallest absolute Gasteiger partial charge is 0.142 e. The average Bonchev–Trinajstić information content (AvgIpc) is 2.14. The molecule has 1 heterocycles. The van der Waals surface area contributed by atoms with Gasteiger partial charge in [-0.05, 0) is 0 Å². The van der Waals surface area contributed by atoms with Crippen molar-refractivity contribution >= 4 is 31.1 Å². The van der Waals surface area contributed by atoms with Crippen LogP contribution in [0.2, 0.25) is 0 Å². The molecule has 54 valence electrons. The lowest BCUT2D eigenvalue weighted by molar-refractivity contribution is 0.991. The van der Waals surface area contributed by atoms with Crippen molar-refractivity contribution in [2.45, 2.75) is 9.92 Å². The van der Waals surface area contributed by atoms with E-state index in [9.17, 15) is 0 Å². The fraction of sp³-hybridized carbons (Fsp3) is 0. The van der Waals surface area contributed by atoms with Gasteiger partial charge in [0.15, 0.2) is 0 Å². The van der Waals surface area contributed by atoms with E-state index in [0.29, 0.717) is 15.6 Å². The molecule has 0 aromatic carbocycles. The molecule has 0 aliphatic heterocycles. The number of nitrogens with two attached hydrogens (primary N) is 1. The summed E-state index contributed by atoms with van der Waals surface area (Å²) in [6, 6.07) is 0. The van der Waals surface area contributed by atoms with E-state index in [-0.39, 0.29) is 5.84 Å². The third-order valence-electron chi connectivity index (χ3n) is 0.992. The summed E-state index contributed by atoms with van der Waals surface area (Å²) in [4.78, 5) is 0.510. The standard InChI is InChI=1S/C4H6N4S2/c5-3(6)1-2(9)4(10)8-7-1/h9H,(H3,5,6)(H2,7,8,10). The van der Waals surface area contributed by atoms with Gasteiger partial charge in [0, 0.05) is 0 Å². The molecule has 0 aliphatic carbocycles. The number of nitrogens with one attached hydrogen (secondary N) is 2. The van der Waals surface area contributed by atoms with Crippen molar-refractivity contribution < 1.29 is 0 Å². The summed E-state index contributed by atoms with van der Waals surface area (Å²) in [5, 5.41) is 13.7. The predicted octanol–water partition coefficient (Wildman–Crippen LogP) is 0.271. The maximum atomic E-state index is 7.01. The van der Waals surface area contributed by atoms with E-state index in [1.807, 2.05) is 0 Å². The molecule has 10 heavy (non-hydrogen) atoms. The topological polar surface area (TPSA) is 78.5 Å². The van der Waals surface area contributed by atoms with Gasteiger partial charge in [-0.2, -0.15) is 5.10 Å². The minimum Gasteiger partial charge on any atom is -0.382 e. The number of rotatable bonds is 1. The second kappa shape index (κ2) is 2.55. The van der Waals surface area contributed by atoms with Gasteiger partial charge in [0.1, 0.15) is 16.6 Å². The van der Waals surface area contributed by atoms with E-state index in [4.69, 9.17) is 11.1 Å². The molecule has 0 saturated heterocycles. The summed E-state index contributed by atoms with van der Waals surface area (Å²) >= 11 is 7.95. The van der Waals surface area contributed by atoms with Gasteiger partial charge in [-0.25, -0.2) is 0 Å². The first-order chi connectivity index (χ1) is 4.63. The molecule has 0 fully saturated rings. The summed E-state index contributed by atoms with van der Waals surface area (Å²) in [5.41, 5.74) is 5.57. The molecule has 6 heteroatoms. The van der Waals surface area contributed by atoms with E-state index >= 15 is 0 Å². The van der Waals surface area contributed by atoms with Crippen LogP contribution in [0.3, 0.4) is 0 Å². The highest BCUT2D eigenvalue weighted by Gasteiger charge is 2.07. The number of thiol groups is 2. The molecular weight excluding hydrogens is 168 g/mol. The van der Waals surface area contributed by atoms with Crippen molar-refractivity contribution in [2.75, 3.05) is 0 Å². The van der Waals surface area contributed by atoms with Crippen molar-refractivity contribution in [3.05, 3.63) is 5.69 Å². The van der Waals surface area contributed by atoms with E-state index in [1.54, 1.807) is 0 Å². The molecule has 0 bridgehead atoms.